The van der Waals surface area contributed by atoms with Crippen molar-refractivity contribution >= 4 is 5.91 Å². The molecule has 0 aliphatic heterocycles. The topological polar surface area (TPSA) is 20.3 Å². The van der Waals surface area contributed by atoms with E-state index in [9.17, 15) is 4.79 Å². The highest BCUT2D eigenvalue weighted by atomic mass is 16.2. The molecule has 1 aliphatic rings. The molecule has 2 nitrogen and oxygen atoms in total. The van der Waals surface area contributed by atoms with Crippen molar-refractivity contribution in [2.24, 2.45) is 11.8 Å². The molecule has 0 saturated carbocycles. The quantitative estimate of drug-likeness (QED) is 0.620. The first-order chi connectivity index (χ1) is 6.52. The number of amides is 1. The fraction of sp³-hybridized carbons (Fsp3) is 0.750. The first-order valence-electron chi connectivity index (χ1n) is 5.39. The van der Waals surface area contributed by atoms with E-state index in [1.54, 1.807) is 4.90 Å². The van der Waals surface area contributed by atoms with E-state index in [-0.39, 0.29) is 11.8 Å². The summed E-state index contributed by atoms with van der Waals surface area (Å²) in [6.07, 6.45) is 5.69. The van der Waals surface area contributed by atoms with Gasteiger partial charge in [-0.3, -0.25) is 4.79 Å². The summed E-state index contributed by atoms with van der Waals surface area (Å²) in [5.41, 5.74) is 1.48. The van der Waals surface area contributed by atoms with Gasteiger partial charge in [0.15, 0.2) is 0 Å². The van der Waals surface area contributed by atoms with Crippen molar-refractivity contribution in [1.29, 1.82) is 0 Å². The van der Waals surface area contributed by atoms with E-state index in [4.69, 9.17) is 0 Å². The van der Waals surface area contributed by atoms with E-state index < -0.39 is 0 Å². The molecule has 0 bridgehead atoms. The van der Waals surface area contributed by atoms with Gasteiger partial charge in [0.25, 0.3) is 0 Å². The van der Waals surface area contributed by atoms with Crippen LogP contribution in [0.2, 0.25) is 0 Å². The smallest absolute Gasteiger partial charge is 0.225 e. The molecule has 0 fully saturated rings. The lowest BCUT2D eigenvalue weighted by atomic mass is 9.81. The number of carbonyl (C=O) groups excluding carboxylic acids is 1. The molecule has 2 unspecified atom stereocenters. The summed E-state index contributed by atoms with van der Waals surface area (Å²) in [4.78, 5) is 13.4. The summed E-state index contributed by atoms with van der Waals surface area (Å²) >= 11 is 0. The highest BCUT2D eigenvalue weighted by molar-refractivity contribution is 5.78. The highest BCUT2D eigenvalue weighted by Crippen LogP contribution is 2.29. The van der Waals surface area contributed by atoms with E-state index in [0.717, 1.165) is 12.8 Å². The van der Waals surface area contributed by atoms with E-state index >= 15 is 0 Å². The lowest BCUT2D eigenvalue weighted by Gasteiger charge is -2.27. The van der Waals surface area contributed by atoms with Crippen LogP contribution < -0.4 is 0 Å². The van der Waals surface area contributed by atoms with E-state index in [1.807, 2.05) is 14.1 Å². The van der Waals surface area contributed by atoms with Gasteiger partial charge in [0.2, 0.25) is 5.91 Å². The number of hydrogen-bond acceptors (Lipinski definition) is 1. The summed E-state index contributed by atoms with van der Waals surface area (Å²) in [5, 5.41) is 0. The van der Waals surface area contributed by atoms with Gasteiger partial charge in [-0.2, -0.15) is 0 Å². The molecule has 0 saturated heterocycles. The third kappa shape index (κ3) is 2.60. The van der Waals surface area contributed by atoms with Crippen LogP contribution >= 0.6 is 0 Å². The van der Waals surface area contributed by atoms with Crippen molar-refractivity contribution in [3.8, 4) is 0 Å². The SMILES string of the molecule is CC1=CCC(C(C)C(=O)N(C)C)CC1. The molecule has 1 amide bonds. The van der Waals surface area contributed by atoms with Crippen LogP contribution in [0.1, 0.15) is 33.1 Å². The summed E-state index contributed by atoms with van der Waals surface area (Å²) < 4.78 is 0. The van der Waals surface area contributed by atoms with E-state index in [2.05, 4.69) is 19.9 Å². The van der Waals surface area contributed by atoms with Crippen LogP contribution in [0.4, 0.5) is 0 Å². The minimum atomic E-state index is 0.175. The summed E-state index contributed by atoms with van der Waals surface area (Å²) in [5.74, 6) is 0.992. The van der Waals surface area contributed by atoms with Gasteiger partial charge in [-0.05, 0) is 32.1 Å². The molecule has 0 aromatic carbocycles. The molecule has 80 valence electrons. The maximum absolute atomic E-state index is 11.7. The fourth-order valence-electron chi connectivity index (χ4n) is 2.05. The van der Waals surface area contributed by atoms with Crippen LogP contribution in [0.3, 0.4) is 0 Å². The lowest BCUT2D eigenvalue weighted by molar-refractivity contribution is -0.134. The van der Waals surface area contributed by atoms with Gasteiger partial charge >= 0.3 is 0 Å². The van der Waals surface area contributed by atoms with Crippen LogP contribution in [-0.2, 0) is 4.79 Å². The van der Waals surface area contributed by atoms with Gasteiger partial charge in [0.1, 0.15) is 0 Å². The second kappa shape index (κ2) is 4.63. The molecule has 1 aliphatic carbocycles. The Morgan fingerprint density at radius 1 is 1.57 bits per heavy atom. The molecular formula is C12H21NO. The second-order valence-electron chi connectivity index (χ2n) is 4.61. The minimum absolute atomic E-state index is 0.175. The van der Waals surface area contributed by atoms with Crippen LogP contribution in [0, 0.1) is 11.8 Å². The molecular weight excluding hydrogens is 174 g/mol. The van der Waals surface area contributed by atoms with Crippen molar-refractivity contribution in [1.82, 2.24) is 4.90 Å². The number of nitrogens with zero attached hydrogens (tertiary/aromatic N) is 1. The van der Waals surface area contributed by atoms with Crippen molar-refractivity contribution < 1.29 is 4.79 Å². The zero-order valence-electron chi connectivity index (χ0n) is 9.71. The second-order valence-corrected chi connectivity index (χ2v) is 4.61. The average Bonchev–Trinajstić information content (AvgIpc) is 2.16. The van der Waals surface area contributed by atoms with Gasteiger partial charge in [-0.1, -0.05) is 18.6 Å². The van der Waals surface area contributed by atoms with E-state index in [0.29, 0.717) is 5.92 Å². The Morgan fingerprint density at radius 2 is 2.21 bits per heavy atom. The van der Waals surface area contributed by atoms with Crippen molar-refractivity contribution in [3.63, 3.8) is 0 Å². The van der Waals surface area contributed by atoms with Gasteiger partial charge in [-0.25, -0.2) is 0 Å². The highest BCUT2D eigenvalue weighted by Gasteiger charge is 2.25. The zero-order chi connectivity index (χ0) is 10.7. The van der Waals surface area contributed by atoms with Crippen molar-refractivity contribution in [2.45, 2.75) is 33.1 Å². The Labute approximate surface area is 87.0 Å². The predicted molar refractivity (Wildman–Crippen MR) is 59.0 cm³/mol. The van der Waals surface area contributed by atoms with Gasteiger partial charge in [-0.15, -0.1) is 0 Å². The van der Waals surface area contributed by atoms with Crippen LogP contribution in [0.5, 0.6) is 0 Å². The number of rotatable bonds is 2. The first-order valence-corrected chi connectivity index (χ1v) is 5.39. The zero-order valence-corrected chi connectivity index (χ0v) is 9.71. The predicted octanol–water partition coefficient (Wildman–Crippen LogP) is 2.46. The number of hydrogen-bond donors (Lipinski definition) is 0. The molecule has 0 spiro atoms. The molecule has 2 heteroatoms. The summed E-state index contributed by atoms with van der Waals surface area (Å²) in [6.45, 7) is 4.23. The monoisotopic (exact) mass is 195 g/mol. The van der Waals surface area contributed by atoms with Gasteiger partial charge < -0.3 is 4.90 Å². The van der Waals surface area contributed by atoms with Crippen LogP contribution in [0.25, 0.3) is 0 Å². The Hall–Kier alpha value is -0.790. The molecule has 0 N–H and O–H groups in total. The molecule has 14 heavy (non-hydrogen) atoms. The normalized spacial score (nSPS) is 24.0. The van der Waals surface area contributed by atoms with Gasteiger partial charge in [0.05, 0.1) is 0 Å². The summed E-state index contributed by atoms with van der Waals surface area (Å²) in [6, 6.07) is 0. The minimum Gasteiger partial charge on any atom is -0.349 e. The maximum atomic E-state index is 11.7. The first kappa shape index (κ1) is 11.3. The third-order valence-corrected chi connectivity index (χ3v) is 3.22. The lowest BCUT2D eigenvalue weighted by Crippen LogP contribution is -2.32. The molecule has 2 atom stereocenters. The molecule has 1 rings (SSSR count). The fourth-order valence-corrected chi connectivity index (χ4v) is 2.05. The van der Waals surface area contributed by atoms with Crippen molar-refractivity contribution in [2.75, 3.05) is 14.1 Å². The van der Waals surface area contributed by atoms with Crippen LogP contribution in [0.15, 0.2) is 11.6 Å². The average molecular weight is 195 g/mol. The third-order valence-electron chi connectivity index (χ3n) is 3.22. The Balaban J connectivity index is 2.54. The van der Waals surface area contributed by atoms with Crippen LogP contribution in [-0.4, -0.2) is 24.9 Å². The van der Waals surface area contributed by atoms with E-state index in [1.165, 1.54) is 12.0 Å². The Bertz CT molecular complexity index is 243. The standard InChI is InChI=1S/C12H21NO/c1-9-5-7-11(8-6-9)10(2)12(14)13(3)4/h5,10-11H,6-8H2,1-4H3. The Morgan fingerprint density at radius 3 is 2.64 bits per heavy atom. The maximum Gasteiger partial charge on any atom is 0.225 e. The molecule has 0 aromatic rings. The number of allylic oxidation sites excluding steroid dienone is 2. The number of carbonyl (C=O) groups is 1. The molecule has 0 heterocycles. The molecule has 0 aromatic heterocycles. The van der Waals surface area contributed by atoms with Crippen molar-refractivity contribution in [3.05, 3.63) is 11.6 Å². The van der Waals surface area contributed by atoms with Gasteiger partial charge in [0, 0.05) is 20.0 Å². The molecule has 0 radical (unpaired) electrons. The Kier molecular flexibility index (Phi) is 3.73. The largest absolute Gasteiger partial charge is 0.349 e. The summed E-state index contributed by atoms with van der Waals surface area (Å²) in [7, 11) is 3.67.